The van der Waals surface area contributed by atoms with Crippen LogP contribution in [-0.4, -0.2) is 43.6 Å². The van der Waals surface area contributed by atoms with Crippen molar-refractivity contribution in [3.05, 3.63) is 60.9 Å². The molecule has 9 heteroatoms. The molecule has 1 saturated heterocycles. The molecule has 0 atom stereocenters. The first-order valence-electron chi connectivity index (χ1n) is 11.6. The number of likely N-dealkylation sites (tertiary alicyclic amines) is 1. The van der Waals surface area contributed by atoms with E-state index >= 15 is 0 Å². The minimum atomic E-state index is -0.0991. The van der Waals surface area contributed by atoms with Crippen LogP contribution in [0, 0.1) is 17.2 Å². The van der Waals surface area contributed by atoms with E-state index in [4.69, 9.17) is 20.8 Å². The highest BCUT2D eigenvalue weighted by atomic mass is 16.5. The van der Waals surface area contributed by atoms with Gasteiger partial charge in [-0.05, 0) is 55.2 Å². The number of carbonyl (C=O) groups is 1. The number of amides is 1. The van der Waals surface area contributed by atoms with Gasteiger partial charge in [-0.1, -0.05) is 18.2 Å². The zero-order valence-corrected chi connectivity index (χ0v) is 19.2. The van der Waals surface area contributed by atoms with Crippen molar-refractivity contribution in [1.82, 2.24) is 24.6 Å². The molecule has 1 fully saturated rings. The van der Waals surface area contributed by atoms with Crippen LogP contribution in [0.25, 0.3) is 22.3 Å². The molecule has 1 amide bonds. The van der Waals surface area contributed by atoms with Crippen LogP contribution < -0.4 is 10.5 Å². The zero-order valence-electron chi connectivity index (χ0n) is 19.2. The van der Waals surface area contributed by atoms with Crippen LogP contribution in [0.5, 0.6) is 11.5 Å². The molecule has 5 rings (SSSR count). The van der Waals surface area contributed by atoms with Gasteiger partial charge in [0.05, 0.1) is 11.5 Å². The Morgan fingerprint density at radius 3 is 2.49 bits per heavy atom. The molecule has 2 aromatic heterocycles. The Bertz CT molecular complexity index is 1370. The monoisotopic (exact) mass is 467 g/mol. The molecule has 1 aliphatic heterocycles. The third-order valence-electron chi connectivity index (χ3n) is 6.29. The summed E-state index contributed by atoms with van der Waals surface area (Å²) in [5.74, 6) is 2.13. The fraction of sp³-hybridized carbons (Fsp3) is 0.269. The van der Waals surface area contributed by atoms with E-state index in [1.807, 2.05) is 65.3 Å². The van der Waals surface area contributed by atoms with Gasteiger partial charge < -0.3 is 15.4 Å². The van der Waals surface area contributed by atoms with E-state index in [1.165, 1.54) is 6.33 Å². The van der Waals surface area contributed by atoms with Crippen LogP contribution >= 0.6 is 0 Å². The van der Waals surface area contributed by atoms with Crippen molar-refractivity contribution in [2.24, 2.45) is 5.92 Å². The Balaban J connectivity index is 1.37. The van der Waals surface area contributed by atoms with Crippen LogP contribution in [-0.2, 0) is 11.3 Å². The maximum Gasteiger partial charge on any atom is 0.236 e. The zero-order chi connectivity index (χ0) is 24.2. The Kier molecular flexibility index (Phi) is 6.26. The van der Waals surface area contributed by atoms with Crippen molar-refractivity contribution in [2.75, 3.05) is 18.8 Å². The number of benzene rings is 2. The maximum atomic E-state index is 12.0. The molecule has 1 aliphatic rings. The number of carbonyl (C=O) groups excluding carboxylic acids is 1. The van der Waals surface area contributed by atoms with Gasteiger partial charge >= 0.3 is 0 Å². The summed E-state index contributed by atoms with van der Waals surface area (Å²) in [6.45, 7) is 1.97. The van der Waals surface area contributed by atoms with Crippen LogP contribution in [0.4, 0.5) is 5.82 Å². The molecule has 35 heavy (non-hydrogen) atoms. The fourth-order valence-electron chi connectivity index (χ4n) is 4.45. The molecular formula is C26H25N7O2. The van der Waals surface area contributed by atoms with E-state index in [1.54, 1.807) is 4.90 Å². The molecular weight excluding hydrogens is 442 g/mol. The molecule has 0 radical (unpaired) electrons. The summed E-state index contributed by atoms with van der Waals surface area (Å²) < 4.78 is 7.80. The van der Waals surface area contributed by atoms with Crippen molar-refractivity contribution in [1.29, 1.82) is 5.26 Å². The number of rotatable bonds is 6. The first-order chi connectivity index (χ1) is 17.1. The number of fused-ring (bicyclic) bond motifs is 1. The number of anilines is 1. The molecule has 4 aromatic rings. The molecule has 0 unspecified atom stereocenters. The van der Waals surface area contributed by atoms with Gasteiger partial charge in [-0.25, -0.2) is 14.6 Å². The van der Waals surface area contributed by atoms with E-state index in [0.29, 0.717) is 37.0 Å². The van der Waals surface area contributed by atoms with Gasteiger partial charge in [-0.3, -0.25) is 4.79 Å². The lowest BCUT2D eigenvalue weighted by molar-refractivity contribution is -0.131. The van der Waals surface area contributed by atoms with Crippen LogP contribution in [0.3, 0.4) is 0 Å². The predicted molar refractivity (Wildman–Crippen MR) is 131 cm³/mol. The van der Waals surface area contributed by atoms with Gasteiger partial charge in [0.25, 0.3) is 0 Å². The van der Waals surface area contributed by atoms with E-state index < -0.39 is 0 Å². The highest BCUT2D eigenvalue weighted by Gasteiger charge is 2.25. The lowest BCUT2D eigenvalue weighted by atomic mass is 9.96. The van der Waals surface area contributed by atoms with Gasteiger partial charge in [0.15, 0.2) is 5.65 Å². The van der Waals surface area contributed by atoms with E-state index in [9.17, 15) is 4.79 Å². The number of hydrogen-bond donors (Lipinski definition) is 1. The molecule has 0 spiro atoms. The van der Waals surface area contributed by atoms with E-state index in [2.05, 4.69) is 9.97 Å². The first kappa shape index (κ1) is 22.3. The van der Waals surface area contributed by atoms with E-state index in [-0.39, 0.29) is 12.3 Å². The Labute approximate surface area is 202 Å². The van der Waals surface area contributed by atoms with Gasteiger partial charge in [0.1, 0.15) is 35.8 Å². The van der Waals surface area contributed by atoms with Crippen LogP contribution in [0.2, 0.25) is 0 Å². The Morgan fingerprint density at radius 2 is 1.77 bits per heavy atom. The minimum Gasteiger partial charge on any atom is -0.457 e. The van der Waals surface area contributed by atoms with Crippen molar-refractivity contribution >= 4 is 22.8 Å². The number of aromatic nitrogens is 4. The number of piperidine rings is 1. The molecule has 0 bridgehead atoms. The second-order valence-corrected chi connectivity index (χ2v) is 8.59. The summed E-state index contributed by atoms with van der Waals surface area (Å²) in [7, 11) is 0. The smallest absolute Gasteiger partial charge is 0.236 e. The molecule has 2 aromatic carbocycles. The van der Waals surface area contributed by atoms with Crippen molar-refractivity contribution in [3.63, 3.8) is 0 Å². The fourth-order valence-corrected chi connectivity index (χ4v) is 4.45. The number of nitrogen functional groups attached to an aromatic ring is 1. The number of hydrogen-bond acceptors (Lipinski definition) is 7. The molecule has 176 valence electrons. The molecule has 0 aliphatic carbocycles. The average Bonchev–Trinajstić information content (AvgIpc) is 3.25. The predicted octanol–water partition coefficient (Wildman–Crippen LogP) is 4.02. The SMILES string of the molecule is N#CCC(=O)N1CCC(Cn2nc(-c3ccc(Oc4ccccc4)cc3)c3c(N)ncnc32)CC1. The standard InChI is InChI=1S/C26H25N7O2/c27-13-10-22(34)32-14-11-18(12-15-32)16-33-26-23(25(28)29-17-30-26)24(31-33)19-6-8-21(9-7-19)35-20-4-2-1-3-5-20/h1-9,17-18H,10-12,14-16H2,(H2,28,29,30). The lowest BCUT2D eigenvalue weighted by Gasteiger charge is -2.31. The topological polar surface area (TPSA) is 123 Å². The minimum absolute atomic E-state index is 0.0663. The normalized spacial score (nSPS) is 14.1. The van der Waals surface area contributed by atoms with Gasteiger partial charge in [0.2, 0.25) is 5.91 Å². The second-order valence-electron chi connectivity index (χ2n) is 8.59. The molecule has 2 N–H and O–H groups in total. The number of nitrogens with two attached hydrogens (primary N) is 1. The lowest BCUT2D eigenvalue weighted by Crippen LogP contribution is -2.39. The molecule has 0 saturated carbocycles. The maximum absolute atomic E-state index is 12.0. The summed E-state index contributed by atoms with van der Waals surface area (Å²) in [4.78, 5) is 22.4. The van der Waals surface area contributed by atoms with Gasteiger partial charge in [0, 0.05) is 25.2 Å². The second kappa shape index (κ2) is 9.81. The number of para-hydroxylation sites is 1. The summed E-state index contributed by atoms with van der Waals surface area (Å²) in [6.07, 6.45) is 3.09. The quantitative estimate of drug-likeness (QED) is 0.454. The summed E-state index contributed by atoms with van der Waals surface area (Å²) in [6, 6.07) is 19.3. The summed E-state index contributed by atoms with van der Waals surface area (Å²) in [5.41, 5.74) is 8.57. The van der Waals surface area contributed by atoms with E-state index in [0.717, 1.165) is 41.0 Å². The van der Waals surface area contributed by atoms with Crippen molar-refractivity contribution in [2.45, 2.75) is 25.8 Å². The van der Waals surface area contributed by atoms with Crippen LogP contribution in [0.15, 0.2) is 60.9 Å². The first-order valence-corrected chi connectivity index (χ1v) is 11.6. The Hall–Kier alpha value is -4.45. The molecule has 3 heterocycles. The molecule has 9 nitrogen and oxygen atoms in total. The third-order valence-corrected chi connectivity index (χ3v) is 6.29. The number of ether oxygens (including phenoxy) is 1. The van der Waals surface area contributed by atoms with Crippen LogP contribution in [0.1, 0.15) is 19.3 Å². The average molecular weight is 468 g/mol. The highest BCUT2D eigenvalue weighted by Crippen LogP contribution is 2.33. The number of nitriles is 1. The number of nitrogens with zero attached hydrogens (tertiary/aromatic N) is 6. The van der Waals surface area contributed by atoms with Crippen molar-refractivity contribution < 1.29 is 9.53 Å². The van der Waals surface area contributed by atoms with Crippen molar-refractivity contribution in [3.8, 4) is 28.8 Å². The summed E-state index contributed by atoms with van der Waals surface area (Å²) >= 11 is 0. The Morgan fingerprint density at radius 1 is 1.06 bits per heavy atom. The highest BCUT2D eigenvalue weighted by molar-refractivity contribution is 5.98. The summed E-state index contributed by atoms with van der Waals surface area (Å²) in [5, 5.41) is 14.4. The van der Waals surface area contributed by atoms with Gasteiger partial charge in [-0.15, -0.1) is 0 Å². The van der Waals surface area contributed by atoms with Gasteiger partial charge in [-0.2, -0.15) is 10.4 Å². The largest absolute Gasteiger partial charge is 0.457 e. The third kappa shape index (κ3) is 4.77.